The molecule has 154 valence electrons. The normalized spacial score (nSPS) is 10.7. The molecule has 0 atom stereocenters. The van der Waals surface area contributed by atoms with E-state index in [4.69, 9.17) is 0 Å². The Hall–Kier alpha value is -4.27. The predicted molar refractivity (Wildman–Crippen MR) is 108 cm³/mol. The van der Waals surface area contributed by atoms with Crippen LogP contribution in [-0.2, 0) is 0 Å². The van der Waals surface area contributed by atoms with E-state index in [9.17, 15) is 22.8 Å². The van der Waals surface area contributed by atoms with Crippen LogP contribution in [0, 0.1) is 17.5 Å². The Labute approximate surface area is 173 Å². The van der Waals surface area contributed by atoms with Crippen LogP contribution in [0.2, 0.25) is 0 Å². The number of carbonyl (C=O) groups excluding carboxylic acids is 2. The van der Waals surface area contributed by atoms with Gasteiger partial charge < -0.3 is 10.6 Å². The first-order valence-corrected chi connectivity index (χ1v) is 8.99. The highest BCUT2D eigenvalue weighted by atomic mass is 19.1. The van der Waals surface area contributed by atoms with E-state index in [-0.39, 0.29) is 11.3 Å². The molecule has 2 N–H and O–H groups in total. The predicted octanol–water partition coefficient (Wildman–Crippen LogP) is 4.92. The van der Waals surface area contributed by atoms with E-state index in [1.54, 1.807) is 0 Å². The molecule has 0 aliphatic heterocycles. The number of nitrogens with zero attached hydrogens (tertiary/aromatic N) is 2. The molecule has 0 aliphatic carbocycles. The average molecular weight is 422 g/mol. The van der Waals surface area contributed by atoms with Gasteiger partial charge in [-0.2, -0.15) is 0 Å². The zero-order valence-corrected chi connectivity index (χ0v) is 15.7. The van der Waals surface area contributed by atoms with E-state index in [1.807, 2.05) is 0 Å². The third-order valence-corrected chi connectivity index (χ3v) is 4.38. The lowest BCUT2D eigenvalue weighted by Crippen LogP contribution is -2.21. The summed E-state index contributed by atoms with van der Waals surface area (Å²) in [5.41, 5.74) is -0.200. The van der Waals surface area contributed by atoms with Crippen molar-refractivity contribution in [3.8, 4) is 0 Å². The van der Waals surface area contributed by atoms with Crippen molar-refractivity contribution < 1.29 is 22.8 Å². The lowest BCUT2D eigenvalue weighted by molar-refractivity contribution is 0.103. The molecule has 4 aromatic rings. The van der Waals surface area contributed by atoms with Gasteiger partial charge in [-0.1, -0.05) is 6.07 Å². The summed E-state index contributed by atoms with van der Waals surface area (Å²) in [6.07, 6.45) is 2.91. The zero-order chi connectivity index (χ0) is 22.0. The highest BCUT2D eigenvalue weighted by molar-refractivity contribution is 6.11. The van der Waals surface area contributed by atoms with Gasteiger partial charge >= 0.3 is 6.03 Å². The Morgan fingerprint density at radius 2 is 1.58 bits per heavy atom. The highest BCUT2D eigenvalue weighted by Crippen LogP contribution is 2.25. The fourth-order valence-corrected chi connectivity index (χ4v) is 2.96. The van der Waals surface area contributed by atoms with E-state index in [2.05, 4.69) is 20.6 Å². The molecular weight excluding hydrogens is 409 g/mol. The fraction of sp³-hybridized carbons (Fsp3) is 0. The summed E-state index contributed by atoms with van der Waals surface area (Å²) in [6.45, 7) is 0. The van der Waals surface area contributed by atoms with Crippen LogP contribution in [0.3, 0.4) is 0 Å². The Bertz CT molecular complexity index is 1330. The van der Waals surface area contributed by atoms with Gasteiger partial charge in [0.1, 0.15) is 11.6 Å². The number of benzene rings is 3. The summed E-state index contributed by atoms with van der Waals surface area (Å²) in [6, 6.07) is 10.3. The van der Waals surface area contributed by atoms with Crippen molar-refractivity contribution >= 4 is 34.2 Å². The second kappa shape index (κ2) is 8.23. The molecule has 3 aromatic carbocycles. The largest absolute Gasteiger partial charge is 0.323 e. The van der Waals surface area contributed by atoms with Gasteiger partial charge in [0.25, 0.3) is 0 Å². The zero-order valence-electron chi connectivity index (χ0n) is 15.7. The summed E-state index contributed by atoms with van der Waals surface area (Å²) in [5.74, 6) is -3.81. The van der Waals surface area contributed by atoms with Crippen molar-refractivity contribution in [1.29, 1.82) is 0 Å². The Balaban J connectivity index is 1.62. The number of urea groups is 1. The number of fused-ring (bicyclic) bond motifs is 1. The first-order valence-electron chi connectivity index (χ1n) is 8.99. The lowest BCUT2D eigenvalue weighted by atomic mass is 10.0. The fourth-order valence-electron chi connectivity index (χ4n) is 2.96. The second-order valence-corrected chi connectivity index (χ2v) is 6.46. The molecule has 2 amide bonds. The maximum Gasteiger partial charge on any atom is 0.323 e. The molecule has 0 fully saturated rings. The van der Waals surface area contributed by atoms with Crippen LogP contribution < -0.4 is 10.6 Å². The van der Waals surface area contributed by atoms with Crippen molar-refractivity contribution in [3.63, 3.8) is 0 Å². The SMILES string of the molecule is O=C(Nc1cccc(F)c1)Nc1ccc(F)c(C(=O)c2ccc3nccnc3c2)c1F. The van der Waals surface area contributed by atoms with Gasteiger partial charge in [0.05, 0.1) is 22.3 Å². The van der Waals surface area contributed by atoms with Gasteiger partial charge in [-0.25, -0.2) is 18.0 Å². The van der Waals surface area contributed by atoms with Gasteiger partial charge in [0.2, 0.25) is 0 Å². The van der Waals surface area contributed by atoms with E-state index in [1.165, 1.54) is 48.8 Å². The monoisotopic (exact) mass is 422 g/mol. The van der Waals surface area contributed by atoms with Crippen LogP contribution >= 0.6 is 0 Å². The molecular formula is C22H13F3N4O2. The third-order valence-electron chi connectivity index (χ3n) is 4.38. The van der Waals surface area contributed by atoms with Crippen LogP contribution in [0.15, 0.2) is 67.0 Å². The van der Waals surface area contributed by atoms with Crippen molar-refractivity contribution in [2.75, 3.05) is 10.6 Å². The molecule has 0 saturated heterocycles. The minimum absolute atomic E-state index is 0.00663. The number of aromatic nitrogens is 2. The molecule has 0 aliphatic rings. The number of hydrogen-bond donors (Lipinski definition) is 2. The molecule has 1 aromatic heterocycles. The first kappa shape index (κ1) is 20.0. The average Bonchev–Trinajstić information content (AvgIpc) is 2.75. The molecule has 0 radical (unpaired) electrons. The molecule has 31 heavy (non-hydrogen) atoms. The molecule has 4 rings (SSSR count). The summed E-state index contributed by atoms with van der Waals surface area (Å²) in [5, 5.41) is 4.52. The van der Waals surface area contributed by atoms with Crippen LogP contribution in [0.1, 0.15) is 15.9 Å². The van der Waals surface area contributed by atoms with Crippen molar-refractivity contribution in [3.05, 3.63) is 95.6 Å². The smallest absolute Gasteiger partial charge is 0.308 e. The summed E-state index contributed by atoms with van der Waals surface area (Å²) >= 11 is 0. The Kier molecular flexibility index (Phi) is 5.31. The van der Waals surface area contributed by atoms with Gasteiger partial charge in [0, 0.05) is 23.6 Å². The number of amides is 2. The van der Waals surface area contributed by atoms with E-state index < -0.39 is 40.5 Å². The quantitative estimate of drug-likeness (QED) is 0.457. The second-order valence-electron chi connectivity index (χ2n) is 6.46. The molecule has 0 unspecified atom stereocenters. The molecule has 0 saturated carbocycles. The lowest BCUT2D eigenvalue weighted by Gasteiger charge is -2.12. The molecule has 0 bridgehead atoms. The number of anilines is 2. The van der Waals surface area contributed by atoms with E-state index in [0.717, 1.165) is 18.2 Å². The van der Waals surface area contributed by atoms with Crippen LogP contribution in [0.4, 0.5) is 29.3 Å². The van der Waals surface area contributed by atoms with Gasteiger partial charge in [-0.15, -0.1) is 0 Å². The molecule has 6 nitrogen and oxygen atoms in total. The molecule has 9 heteroatoms. The number of rotatable bonds is 4. The molecule has 1 heterocycles. The number of nitrogens with one attached hydrogen (secondary N) is 2. The maximum atomic E-state index is 15.0. The van der Waals surface area contributed by atoms with Crippen LogP contribution in [-0.4, -0.2) is 21.8 Å². The van der Waals surface area contributed by atoms with E-state index in [0.29, 0.717) is 11.0 Å². The number of ketones is 1. The number of hydrogen-bond acceptors (Lipinski definition) is 4. The number of carbonyl (C=O) groups is 2. The molecule has 0 spiro atoms. The minimum atomic E-state index is -1.24. The number of halogens is 3. The Morgan fingerprint density at radius 3 is 2.35 bits per heavy atom. The first-order chi connectivity index (χ1) is 14.9. The van der Waals surface area contributed by atoms with Gasteiger partial charge in [0.15, 0.2) is 11.6 Å². The summed E-state index contributed by atoms with van der Waals surface area (Å²) in [4.78, 5) is 33.1. The topological polar surface area (TPSA) is 84.0 Å². The van der Waals surface area contributed by atoms with Crippen molar-refractivity contribution in [2.45, 2.75) is 0 Å². The summed E-state index contributed by atoms with van der Waals surface area (Å²) in [7, 11) is 0. The van der Waals surface area contributed by atoms with Gasteiger partial charge in [-0.3, -0.25) is 14.8 Å². The maximum absolute atomic E-state index is 15.0. The minimum Gasteiger partial charge on any atom is -0.308 e. The third kappa shape index (κ3) is 4.20. The highest BCUT2D eigenvalue weighted by Gasteiger charge is 2.23. The summed E-state index contributed by atoms with van der Waals surface area (Å²) < 4.78 is 42.5. The van der Waals surface area contributed by atoms with Crippen LogP contribution in [0.5, 0.6) is 0 Å². The van der Waals surface area contributed by atoms with E-state index >= 15 is 0 Å². The standard InChI is InChI=1S/C22H13F3N4O2/c23-13-2-1-3-14(11-13)28-22(31)29-17-7-5-15(24)19(20(17)25)21(30)12-4-6-16-18(10-12)27-9-8-26-16/h1-11H,(H2,28,29,31). The van der Waals surface area contributed by atoms with Gasteiger partial charge in [-0.05, 0) is 48.5 Å². The van der Waals surface area contributed by atoms with Crippen LogP contribution in [0.25, 0.3) is 11.0 Å². The Morgan fingerprint density at radius 1 is 0.806 bits per heavy atom. The van der Waals surface area contributed by atoms with Crippen molar-refractivity contribution in [2.24, 2.45) is 0 Å². The van der Waals surface area contributed by atoms with Crippen molar-refractivity contribution in [1.82, 2.24) is 9.97 Å².